The van der Waals surface area contributed by atoms with Gasteiger partial charge in [0.05, 0.1) is 7.11 Å². The van der Waals surface area contributed by atoms with Crippen LogP contribution in [0.5, 0.6) is 0 Å². The van der Waals surface area contributed by atoms with Gasteiger partial charge in [-0.15, -0.1) is 0 Å². The van der Waals surface area contributed by atoms with Crippen molar-refractivity contribution in [1.29, 1.82) is 0 Å². The van der Waals surface area contributed by atoms with E-state index in [1.54, 1.807) is 4.90 Å². The largest absolute Gasteiger partial charge is 0.468 e. The van der Waals surface area contributed by atoms with Crippen LogP contribution in [0.4, 0.5) is 4.79 Å². The number of amides is 1. The fraction of sp³-hybridized carbons (Fsp3) is 0.875. The van der Waals surface area contributed by atoms with Gasteiger partial charge in [0.2, 0.25) is 0 Å². The fourth-order valence-electron chi connectivity index (χ4n) is 3.37. The van der Waals surface area contributed by atoms with Crippen LogP contribution in [0.3, 0.4) is 0 Å². The van der Waals surface area contributed by atoms with E-state index in [0.717, 1.165) is 32.2 Å². The smallest absolute Gasteiger partial charge is 0.410 e. The zero-order chi connectivity index (χ0) is 16.4. The molecule has 1 N–H and O–H groups in total. The second-order valence-corrected chi connectivity index (χ2v) is 7.45. The van der Waals surface area contributed by atoms with Gasteiger partial charge >= 0.3 is 12.1 Å². The number of hydrogen-bond donors (Lipinski definition) is 1. The molecule has 126 valence electrons. The molecule has 2 saturated heterocycles. The van der Waals surface area contributed by atoms with Crippen LogP contribution in [0.15, 0.2) is 0 Å². The normalized spacial score (nSPS) is 24.9. The first-order chi connectivity index (χ1) is 10.2. The number of rotatable bonds is 1. The lowest BCUT2D eigenvalue weighted by atomic mass is 9.69. The van der Waals surface area contributed by atoms with Crippen LogP contribution < -0.4 is 5.32 Å². The Balaban J connectivity index is 1.90. The Labute approximate surface area is 132 Å². The summed E-state index contributed by atoms with van der Waals surface area (Å²) in [5.41, 5.74) is -0.320. The number of piperidine rings is 2. The summed E-state index contributed by atoms with van der Waals surface area (Å²) in [6.07, 6.45) is 3.44. The first kappa shape index (κ1) is 17.1. The Morgan fingerprint density at radius 1 is 1.18 bits per heavy atom. The number of methoxy groups -OCH3 is 1. The zero-order valence-electron chi connectivity index (χ0n) is 14.1. The Bertz CT molecular complexity index is 422. The maximum absolute atomic E-state index is 12.1. The van der Waals surface area contributed by atoms with Gasteiger partial charge < -0.3 is 19.7 Å². The van der Waals surface area contributed by atoms with Gasteiger partial charge in [0.1, 0.15) is 11.6 Å². The van der Waals surface area contributed by atoms with Crippen LogP contribution >= 0.6 is 0 Å². The molecule has 6 heteroatoms. The van der Waals surface area contributed by atoms with Crippen LogP contribution in [0.1, 0.15) is 46.5 Å². The molecule has 0 bridgehead atoms. The predicted molar refractivity (Wildman–Crippen MR) is 82.5 cm³/mol. The minimum Gasteiger partial charge on any atom is -0.468 e. The molecule has 2 fully saturated rings. The number of carbonyl (C=O) groups excluding carboxylic acids is 2. The number of esters is 1. The SMILES string of the molecule is COC(=O)C1CC2(CCN1)CCN(C(=O)OC(C)(C)C)CC2. The van der Waals surface area contributed by atoms with Gasteiger partial charge in [-0.25, -0.2) is 4.79 Å². The topological polar surface area (TPSA) is 67.9 Å². The molecule has 1 amide bonds. The van der Waals surface area contributed by atoms with Crippen molar-refractivity contribution in [3.8, 4) is 0 Å². The predicted octanol–water partition coefficient (Wildman–Crippen LogP) is 1.93. The quantitative estimate of drug-likeness (QED) is 0.749. The summed E-state index contributed by atoms with van der Waals surface area (Å²) in [6.45, 7) is 7.86. The summed E-state index contributed by atoms with van der Waals surface area (Å²) < 4.78 is 10.3. The van der Waals surface area contributed by atoms with E-state index < -0.39 is 5.60 Å². The van der Waals surface area contributed by atoms with Crippen LogP contribution in [-0.2, 0) is 14.3 Å². The molecule has 0 aromatic heterocycles. The Kier molecular flexibility index (Phi) is 5.00. The molecule has 2 rings (SSSR count). The third-order valence-electron chi connectivity index (χ3n) is 4.64. The highest BCUT2D eigenvalue weighted by Gasteiger charge is 2.42. The van der Waals surface area contributed by atoms with Gasteiger partial charge in [-0.3, -0.25) is 4.79 Å². The number of nitrogens with one attached hydrogen (secondary N) is 1. The van der Waals surface area contributed by atoms with E-state index in [0.29, 0.717) is 13.1 Å². The van der Waals surface area contributed by atoms with Crippen molar-refractivity contribution < 1.29 is 19.1 Å². The molecular weight excluding hydrogens is 284 g/mol. The average Bonchev–Trinajstić information content (AvgIpc) is 2.45. The molecular formula is C16H28N2O4. The number of ether oxygens (including phenoxy) is 2. The van der Waals surface area contributed by atoms with Gasteiger partial charge in [0.15, 0.2) is 0 Å². The van der Waals surface area contributed by atoms with E-state index >= 15 is 0 Å². The molecule has 0 aliphatic carbocycles. The maximum atomic E-state index is 12.1. The number of hydrogen-bond acceptors (Lipinski definition) is 5. The highest BCUT2D eigenvalue weighted by atomic mass is 16.6. The summed E-state index contributed by atoms with van der Waals surface area (Å²) in [6, 6.07) is -0.216. The molecule has 1 atom stereocenters. The van der Waals surface area contributed by atoms with E-state index in [2.05, 4.69) is 5.32 Å². The summed E-state index contributed by atoms with van der Waals surface area (Å²) >= 11 is 0. The minimum absolute atomic E-state index is 0.141. The van der Waals surface area contributed by atoms with Gasteiger partial charge in [-0.2, -0.15) is 0 Å². The molecule has 0 saturated carbocycles. The van der Waals surface area contributed by atoms with Crippen molar-refractivity contribution >= 4 is 12.1 Å². The van der Waals surface area contributed by atoms with Crippen LogP contribution in [0, 0.1) is 5.41 Å². The summed E-state index contributed by atoms with van der Waals surface area (Å²) in [5.74, 6) is -0.186. The van der Waals surface area contributed by atoms with Crippen molar-refractivity contribution in [2.24, 2.45) is 5.41 Å². The van der Waals surface area contributed by atoms with E-state index in [9.17, 15) is 9.59 Å². The van der Waals surface area contributed by atoms with Gasteiger partial charge in [0, 0.05) is 13.1 Å². The third kappa shape index (κ3) is 4.12. The summed E-state index contributed by atoms with van der Waals surface area (Å²) in [7, 11) is 1.43. The number of nitrogens with zero attached hydrogens (tertiary/aromatic N) is 1. The first-order valence-corrected chi connectivity index (χ1v) is 8.04. The lowest BCUT2D eigenvalue weighted by molar-refractivity contribution is -0.145. The zero-order valence-corrected chi connectivity index (χ0v) is 14.1. The molecule has 1 spiro atoms. The summed E-state index contributed by atoms with van der Waals surface area (Å²) in [4.78, 5) is 25.7. The molecule has 0 aromatic rings. The fourth-order valence-corrected chi connectivity index (χ4v) is 3.37. The molecule has 1 unspecified atom stereocenters. The highest BCUT2D eigenvalue weighted by molar-refractivity contribution is 5.75. The summed E-state index contributed by atoms with van der Waals surface area (Å²) in [5, 5.41) is 3.23. The van der Waals surface area contributed by atoms with Crippen molar-refractivity contribution in [3.63, 3.8) is 0 Å². The molecule has 2 aliphatic heterocycles. The maximum Gasteiger partial charge on any atom is 0.410 e. The first-order valence-electron chi connectivity index (χ1n) is 8.04. The van der Waals surface area contributed by atoms with Crippen molar-refractivity contribution in [3.05, 3.63) is 0 Å². The van der Waals surface area contributed by atoms with Crippen molar-refractivity contribution in [2.75, 3.05) is 26.7 Å². The second-order valence-electron chi connectivity index (χ2n) is 7.45. The Hall–Kier alpha value is -1.30. The van der Waals surface area contributed by atoms with E-state index in [1.807, 2.05) is 20.8 Å². The third-order valence-corrected chi connectivity index (χ3v) is 4.64. The standard InChI is InChI=1S/C16H28N2O4/c1-15(2,3)22-14(20)18-9-6-16(7-10-18)5-8-17-12(11-16)13(19)21-4/h12,17H,5-11H2,1-4H3. The van der Waals surface area contributed by atoms with Gasteiger partial charge in [0.25, 0.3) is 0 Å². The molecule has 6 nitrogen and oxygen atoms in total. The van der Waals surface area contributed by atoms with Crippen LogP contribution in [0.2, 0.25) is 0 Å². The lowest BCUT2D eigenvalue weighted by Crippen LogP contribution is -2.53. The van der Waals surface area contributed by atoms with Crippen molar-refractivity contribution in [1.82, 2.24) is 10.2 Å². The Morgan fingerprint density at radius 2 is 1.82 bits per heavy atom. The molecule has 2 heterocycles. The molecule has 0 aromatic carbocycles. The molecule has 0 radical (unpaired) electrons. The second kappa shape index (κ2) is 6.44. The van der Waals surface area contributed by atoms with Gasteiger partial charge in [-0.05, 0) is 58.4 Å². The van der Waals surface area contributed by atoms with Crippen molar-refractivity contribution in [2.45, 2.75) is 58.1 Å². The number of likely N-dealkylation sites (tertiary alicyclic amines) is 1. The average molecular weight is 312 g/mol. The lowest BCUT2D eigenvalue weighted by Gasteiger charge is -2.46. The molecule has 2 aliphatic rings. The van der Waals surface area contributed by atoms with E-state index in [1.165, 1.54) is 7.11 Å². The molecule has 22 heavy (non-hydrogen) atoms. The van der Waals surface area contributed by atoms with Crippen LogP contribution in [0.25, 0.3) is 0 Å². The van der Waals surface area contributed by atoms with Gasteiger partial charge in [-0.1, -0.05) is 0 Å². The van der Waals surface area contributed by atoms with E-state index in [-0.39, 0.29) is 23.5 Å². The van der Waals surface area contributed by atoms with E-state index in [4.69, 9.17) is 9.47 Å². The number of carbonyl (C=O) groups is 2. The van der Waals surface area contributed by atoms with Crippen LogP contribution in [-0.4, -0.2) is 55.3 Å². The Morgan fingerprint density at radius 3 is 2.36 bits per heavy atom. The highest BCUT2D eigenvalue weighted by Crippen LogP contribution is 2.41. The minimum atomic E-state index is -0.461. The monoisotopic (exact) mass is 312 g/mol.